The molecule has 0 unspecified atom stereocenters. The molecule has 4 nitrogen and oxygen atoms in total. The van der Waals surface area contributed by atoms with Gasteiger partial charge in [-0.3, -0.25) is 0 Å². The molecule has 100 valence electrons. The van der Waals surface area contributed by atoms with Crippen LogP contribution in [0, 0.1) is 0 Å². The number of benzene rings is 1. The summed E-state index contributed by atoms with van der Waals surface area (Å²) < 4.78 is 59.4. The minimum atomic E-state index is -4.54. The second-order valence-corrected chi connectivity index (χ2v) is 5.84. The number of hydrogen-bond donors (Lipinski definition) is 1. The van der Waals surface area contributed by atoms with Crippen molar-refractivity contribution in [1.82, 2.24) is 0 Å². The van der Waals surface area contributed by atoms with Crippen molar-refractivity contribution in [2.24, 2.45) is 5.16 Å². The van der Waals surface area contributed by atoms with Gasteiger partial charge in [0.2, 0.25) is 0 Å². The van der Waals surface area contributed by atoms with Crippen LogP contribution in [-0.2, 0) is 16.0 Å². The molecule has 0 aromatic heterocycles. The van der Waals surface area contributed by atoms with E-state index in [1.54, 1.807) is 0 Å². The van der Waals surface area contributed by atoms with Gasteiger partial charge in [0.15, 0.2) is 9.84 Å². The Morgan fingerprint density at radius 3 is 2.44 bits per heavy atom. The minimum absolute atomic E-state index is 0.0854. The van der Waals surface area contributed by atoms with Crippen molar-refractivity contribution in [3.05, 3.63) is 35.4 Å². The summed E-state index contributed by atoms with van der Waals surface area (Å²) in [5.74, 6) is -0.634. The van der Waals surface area contributed by atoms with Gasteiger partial charge in [0.05, 0.1) is 11.3 Å². The highest BCUT2D eigenvalue weighted by molar-refractivity contribution is 7.91. The molecule has 1 N–H and O–H groups in total. The predicted octanol–water partition coefficient (Wildman–Crippen LogP) is 1.93. The average molecular weight is 281 g/mol. The van der Waals surface area contributed by atoms with Gasteiger partial charge in [-0.15, -0.1) is 0 Å². The van der Waals surface area contributed by atoms with Gasteiger partial charge >= 0.3 is 6.18 Å². The van der Waals surface area contributed by atoms with E-state index in [9.17, 15) is 21.6 Å². The Kier molecular flexibility index (Phi) is 4.00. The molecule has 0 aliphatic rings. The van der Waals surface area contributed by atoms with E-state index in [2.05, 4.69) is 5.16 Å². The molecule has 0 amide bonds. The Morgan fingerprint density at radius 1 is 1.39 bits per heavy atom. The Morgan fingerprint density at radius 2 is 2.00 bits per heavy atom. The summed E-state index contributed by atoms with van der Waals surface area (Å²) in [6.07, 6.45) is -3.65. The maximum atomic E-state index is 12.5. The molecule has 0 atom stereocenters. The summed E-state index contributed by atoms with van der Waals surface area (Å²) in [6, 6.07) is 3.94. The number of oxime groups is 1. The Balaban J connectivity index is 3.17. The van der Waals surface area contributed by atoms with E-state index in [0.717, 1.165) is 24.5 Å². The van der Waals surface area contributed by atoms with Crippen molar-refractivity contribution in [2.45, 2.75) is 6.18 Å². The van der Waals surface area contributed by atoms with Crippen LogP contribution >= 0.6 is 0 Å². The van der Waals surface area contributed by atoms with Gasteiger partial charge in [-0.05, 0) is 12.1 Å². The van der Waals surface area contributed by atoms with E-state index in [1.807, 2.05) is 0 Å². The third-order valence-corrected chi connectivity index (χ3v) is 2.84. The second kappa shape index (κ2) is 4.97. The molecule has 1 aromatic rings. The van der Waals surface area contributed by atoms with E-state index in [4.69, 9.17) is 5.21 Å². The van der Waals surface area contributed by atoms with Crippen molar-refractivity contribution < 1.29 is 26.8 Å². The lowest BCUT2D eigenvalue weighted by molar-refractivity contribution is -0.137. The Labute approximate surface area is 102 Å². The number of nitrogens with zero attached hydrogens (tertiary/aromatic N) is 1. The van der Waals surface area contributed by atoms with Crippen LogP contribution in [0.25, 0.3) is 0 Å². The molecule has 0 radical (unpaired) electrons. The third-order valence-electron chi connectivity index (χ3n) is 2.04. The first-order chi connectivity index (χ1) is 8.13. The molecule has 0 spiro atoms. The minimum Gasteiger partial charge on any atom is -0.411 e. The van der Waals surface area contributed by atoms with E-state index < -0.39 is 27.3 Å². The normalized spacial score (nSPS) is 13.7. The van der Waals surface area contributed by atoms with Gasteiger partial charge in [0.1, 0.15) is 5.71 Å². The van der Waals surface area contributed by atoms with Gasteiger partial charge in [-0.25, -0.2) is 8.42 Å². The third kappa shape index (κ3) is 4.02. The fourth-order valence-corrected chi connectivity index (χ4v) is 2.01. The lowest BCUT2D eigenvalue weighted by Gasteiger charge is -2.09. The lowest BCUT2D eigenvalue weighted by atomic mass is 10.1. The van der Waals surface area contributed by atoms with Crippen LogP contribution < -0.4 is 0 Å². The van der Waals surface area contributed by atoms with Crippen molar-refractivity contribution >= 4 is 15.5 Å². The van der Waals surface area contributed by atoms with Crippen LogP contribution in [-0.4, -0.2) is 31.3 Å². The lowest BCUT2D eigenvalue weighted by Crippen LogP contribution is -2.17. The zero-order valence-electron chi connectivity index (χ0n) is 9.27. The summed E-state index contributed by atoms with van der Waals surface area (Å²) in [5.41, 5.74) is -1.35. The number of alkyl halides is 3. The molecule has 0 saturated carbocycles. The summed E-state index contributed by atoms with van der Waals surface area (Å²) in [5, 5.41) is 11.4. The van der Waals surface area contributed by atoms with E-state index >= 15 is 0 Å². The van der Waals surface area contributed by atoms with Gasteiger partial charge in [-0.1, -0.05) is 17.3 Å². The maximum absolute atomic E-state index is 12.5. The molecular formula is C10H10F3NO3S. The van der Waals surface area contributed by atoms with Crippen molar-refractivity contribution in [2.75, 3.05) is 12.0 Å². The van der Waals surface area contributed by atoms with Gasteiger partial charge < -0.3 is 5.21 Å². The highest BCUT2D eigenvalue weighted by Crippen LogP contribution is 2.29. The number of rotatable bonds is 3. The Bertz CT molecular complexity index is 564. The summed E-state index contributed by atoms with van der Waals surface area (Å²) >= 11 is 0. The molecule has 0 bridgehead atoms. The summed E-state index contributed by atoms with van der Waals surface area (Å²) in [7, 11) is -3.50. The monoisotopic (exact) mass is 281 g/mol. The van der Waals surface area contributed by atoms with E-state index in [0.29, 0.717) is 0 Å². The summed E-state index contributed by atoms with van der Waals surface area (Å²) in [4.78, 5) is 0. The van der Waals surface area contributed by atoms with Crippen LogP contribution in [0.5, 0.6) is 0 Å². The van der Waals surface area contributed by atoms with Crippen LogP contribution in [0.3, 0.4) is 0 Å². The maximum Gasteiger partial charge on any atom is 0.416 e. The number of sulfone groups is 1. The summed E-state index contributed by atoms with van der Waals surface area (Å²) in [6.45, 7) is 0. The largest absolute Gasteiger partial charge is 0.416 e. The van der Waals surface area contributed by atoms with Gasteiger partial charge in [0, 0.05) is 11.8 Å². The zero-order chi connectivity index (χ0) is 14.0. The molecule has 0 fully saturated rings. The first-order valence-corrected chi connectivity index (χ1v) is 6.76. The predicted molar refractivity (Wildman–Crippen MR) is 59.5 cm³/mol. The first-order valence-electron chi connectivity index (χ1n) is 4.70. The van der Waals surface area contributed by atoms with Crippen LogP contribution in [0.1, 0.15) is 11.1 Å². The topological polar surface area (TPSA) is 66.7 Å². The van der Waals surface area contributed by atoms with E-state index in [-0.39, 0.29) is 11.3 Å². The Hall–Kier alpha value is -1.57. The SMILES string of the molecule is CS(=O)(=O)C/C(=N\O)c1cccc(C(F)(F)F)c1. The van der Waals surface area contributed by atoms with E-state index in [1.165, 1.54) is 6.07 Å². The molecule has 0 heterocycles. The first kappa shape index (κ1) is 14.5. The second-order valence-electron chi connectivity index (χ2n) is 3.70. The molecule has 0 aliphatic carbocycles. The molecule has 0 saturated heterocycles. The average Bonchev–Trinajstić information content (AvgIpc) is 2.23. The van der Waals surface area contributed by atoms with Crippen LogP contribution in [0.15, 0.2) is 29.4 Å². The number of halogens is 3. The molecule has 1 aromatic carbocycles. The van der Waals surface area contributed by atoms with Crippen molar-refractivity contribution in [3.8, 4) is 0 Å². The highest BCUT2D eigenvalue weighted by Gasteiger charge is 2.30. The standard InChI is InChI=1S/C10H10F3NO3S/c1-18(16,17)6-9(14-15)7-3-2-4-8(5-7)10(11,12)13/h2-5,15H,6H2,1H3/b14-9+. The molecule has 1 rings (SSSR count). The van der Waals surface area contributed by atoms with Crippen molar-refractivity contribution in [1.29, 1.82) is 0 Å². The molecular weight excluding hydrogens is 271 g/mol. The quantitative estimate of drug-likeness (QED) is 0.523. The van der Waals surface area contributed by atoms with Gasteiger partial charge in [0.25, 0.3) is 0 Å². The van der Waals surface area contributed by atoms with Crippen LogP contribution in [0.2, 0.25) is 0 Å². The molecule has 8 heteroatoms. The fraction of sp³-hybridized carbons (Fsp3) is 0.300. The number of hydrogen-bond acceptors (Lipinski definition) is 4. The zero-order valence-corrected chi connectivity index (χ0v) is 10.1. The smallest absolute Gasteiger partial charge is 0.411 e. The molecule has 18 heavy (non-hydrogen) atoms. The highest BCUT2D eigenvalue weighted by atomic mass is 32.2. The van der Waals surface area contributed by atoms with Gasteiger partial charge in [-0.2, -0.15) is 13.2 Å². The molecule has 0 aliphatic heterocycles. The van der Waals surface area contributed by atoms with Crippen molar-refractivity contribution in [3.63, 3.8) is 0 Å². The van der Waals surface area contributed by atoms with Crippen LogP contribution in [0.4, 0.5) is 13.2 Å². The fourth-order valence-electron chi connectivity index (χ4n) is 1.29.